The summed E-state index contributed by atoms with van der Waals surface area (Å²) in [5, 5.41) is 14.9. The van der Waals surface area contributed by atoms with Gasteiger partial charge in [-0.15, -0.1) is 22.7 Å². The lowest BCUT2D eigenvalue weighted by atomic mass is 10.2. The van der Waals surface area contributed by atoms with Crippen LogP contribution in [0.25, 0.3) is 0 Å². The minimum Gasteiger partial charge on any atom is -0.306 e. The van der Waals surface area contributed by atoms with E-state index in [0.29, 0.717) is 0 Å². The fourth-order valence-corrected chi connectivity index (χ4v) is 5.55. The Morgan fingerprint density at radius 1 is 0.905 bits per heavy atom. The maximum atomic E-state index is 10.8. The molecule has 104 valence electrons. The molecular formula is C14H8N2O2S3. The van der Waals surface area contributed by atoms with Crippen molar-refractivity contribution in [2.75, 3.05) is 4.90 Å². The van der Waals surface area contributed by atoms with Crippen molar-refractivity contribution in [1.82, 2.24) is 0 Å². The van der Waals surface area contributed by atoms with Gasteiger partial charge in [0.15, 0.2) is 0 Å². The predicted octanol–water partition coefficient (Wildman–Crippen LogP) is 5.65. The topological polar surface area (TPSA) is 46.4 Å². The lowest BCUT2D eigenvalue weighted by Gasteiger charge is -2.28. The van der Waals surface area contributed by atoms with E-state index in [1.54, 1.807) is 58.7 Å². The van der Waals surface area contributed by atoms with Crippen LogP contribution in [0.4, 0.5) is 22.7 Å². The van der Waals surface area contributed by atoms with Crippen LogP contribution in [0.15, 0.2) is 55.6 Å². The summed E-state index contributed by atoms with van der Waals surface area (Å²) in [6, 6.07) is 10.9. The second kappa shape index (κ2) is 4.87. The Balaban J connectivity index is 1.85. The molecule has 3 aromatic rings. The van der Waals surface area contributed by atoms with Gasteiger partial charge < -0.3 is 4.90 Å². The number of hydrogen-bond donors (Lipinski definition) is 0. The van der Waals surface area contributed by atoms with Crippen molar-refractivity contribution in [3.05, 3.63) is 57.3 Å². The quantitative estimate of drug-likeness (QED) is 0.351. The predicted molar refractivity (Wildman–Crippen MR) is 87.7 cm³/mol. The number of nitrogens with zero attached hydrogens (tertiary/aromatic N) is 2. The number of hydrogen-bond acceptors (Lipinski definition) is 6. The number of non-ortho nitro benzene ring substituents is 1. The highest BCUT2D eigenvalue weighted by atomic mass is 32.2. The van der Waals surface area contributed by atoms with Crippen LogP contribution < -0.4 is 4.90 Å². The zero-order valence-electron chi connectivity index (χ0n) is 10.6. The van der Waals surface area contributed by atoms with Crippen molar-refractivity contribution in [3.63, 3.8) is 0 Å². The Bertz CT molecular complexity index is 783. The Morgan fingerprint density at radius 2 is 1.48 bits per heavy atom. The summed E-state index contributed by atoms with van der Waals surface area (Å²) < 4.78 is 2.51. The van der Waals surface area contributed by atoms with Crippen LogP contribution in [0.3, 0.4) is 0 Å². The molecule has 2 aromatic heterocycles. The van der Waals surface area contributed by atoms with E-state index in [2.05, 4.69) is 27.8 Å². The molecule has 1 aromatic carbocycles. The first-order valence-electron chi connectivity index (χ1n) is 6.11. The number of rotatable bonds is 2. The number of thiophene rings is 2. The van der Waals surface area contributed by atoms with Crippen LogP contribution in [-0.4, -0.2) is 4.92 Å². The maximum absolute atomic E-state index is 10.8. The van der Waals surface area contributed by atoms with Crippen LogP contribution in [0.5, 0.6) is 0 Å². The van der Waals surface area contributed by atoms with Gasteiger partial charge in [-0.2, -0.15) is 0 Å². The Labute approximate surface area is 132 Å². The van der Waals surface area contributed by atoms with Gasteiger partial charge in [0.1, 0.15) is 0 Å². The van der Waals surface area contributed by atoms with Crippen molar-refractivity contribution in [2.24, 2.45) is 0 Å². The number of anilines is 3. The molecule has 7 heteroatoms. The van der Waals surface area contributed by atoms with Crippen molar-refractivity contribution in [3.8, 4) is 0 Å². The van der Waals surface area contributed by atoms with E-state index in [1.807, 2.05) is 0 Å². The van der Waals surface area contributed by atoms with Gasteiger partial charge >= 0.3 is 0 Å². The van der Waals surface area contributed by atoms with E-state index in [9.17, 15) is 10.1 Å². The van der Waals surface area contributed by atoms with Crippen LogP contribution in [-0.2, 0) is 0 Å². The third-order valence-corrected chi connectivity index (χ3v) is 6.46. The molecule has 0 bridgehead atoms. The fraction of sp³-hybridized carbons (Fsp3) is 0. The molecule has 0 spiro atoms. The van der Waals surface area contributed by atoms with Gasteiger partial charge in [0.25, 0.3) is 5.69 Å². The molecule has 1 aliphatic rings. The number of nitro groups is 1. The molecule has 3 heterocycles. The molecular weight excluding hydrogens is 324 g/mol. The summed E-state index contributed by atoms with van der Waals surface area (Å²) >= 11 is 5.23. The second-order valence-corrected chi connectivity index (χ2v) is 7.77. The number of benzene rings is 1. The molecule has 1 aliphatic heterocycles. The fourth-order valence-electron chi connectivity index (χ4n) is 2.28. The third-order valence-electron chi connectivity index (χ3n) is 3.21. The molecule has 0 amide bonds. The van der Waals surface area contributed by atoms with Crippen molar-refractivity contribution in [1.29, 1.82) is 0 Å². The smallest absolute Gasteiger partial charge is 0.269 e. The van der Waals surface area contributed by atoms with Gasteiger partial charge in [-0.05, 0) is 35.0 Å². The zero-order valence-corrected chi connectivity index (χ0v) is 13.0. The third kappa shape index (κ3) is 2.05. The molecule has 0 N–H and O–H groups in total. The number of fused-ring (bicyclic) bond motifs is 2. The molecule has 0 fully saturated rings. The molecule has 0 atom stereocenters. The lowest BCUT2D eigenvalue weighted by Crippen LogP contribution is -2.11. The first-order chi connectivity index (χ1) is 10.2. The Morgan fingerprint density at radius 3 is 2.00 bits per heavy atom. The van der Waals surface area contributed by atoms with Crippen molar-refractivity contribution in [2.45, 2.75) is 8.42 Å². The SMILES string of the molecule is O=[N+]([O-])c1ccc(N2c3ccsc3Sc3sccc32)cc1. The number of nitro benzene ring substituents is 1. The zero-order chi connectivity index (χ0) is 14.4. The minimum atomic E-state index is -0.373. The lowest BCUT2D eigenvalue weighted by molar-refractivity contribution is -0.384. The average molecular weight is 332 g/mol. The van der Waals surface area contributed by atoms with Gasteiger partial charge in [-0.25, -0.2) is 0 Å². The summed E-state index contributed by atoms with van der Waals surface area (Å²) in [6.07, 6.45) is 0. The van der Waals surface area contributed by atoms with Crippen LogP contribution in [0.2, 0.25) is 0 Å². The molecule has 0 radical (unpaired) electrons. The van der Waals surface area contributed by atoms with E-state index in [4.69, 9.17) is 0 Å². The highest BCUT2D eigenvalue weighted by Crippen LogP contribution is 2.55. The van der Waals surface area contributed by atoms with E-state index in [-0.39, 0.29) is 10.6 Å². The molecule has 0 saturated carbocycles. The Kier molecular flexibility index (Phi) is 2.99. The molecule has 0 unspecified atom stereocenters. The minimum absolute atomic E-state index is 0.112. The van der Waals surface area contributed by atoms with E-state index >= 15 is 0 Å². The Hall–Kier alpha value is -1.83. The molecule has 4 rings (SSSR count). The van der Waals surface area contributed by atoms with E-state index < -0.39 is 0 Å². The molecule has 0 aliphatic carbocycles. The van der Waals surface area contributed by atoms with Gasteiger partial charge in [0.2, 0.25) is 0 Å². The summed E-state index contributed by atoms with van der Waals surface area (Å²) in [5.41, 5.74) is 3.34. The highest BCUT2D eigenvalue weighted by Gasteiger charge is 2.26. The monoisotopic (exact) mass is 332 g/mol. The maximum Gasteiger partial charge on any atom is 0.269 e. The van der Waals surface area contributed by atoms with Crippen LogP contribution >= 0.6 is 34.4 Å². The summed E-state index contributed by atoms with van der Waals surface area (Å²) in [7, 11) is 0. The molecule has 21 heavy (non-hydrogen) atoms. The van der Waals surface area contributed by atoms with E-state index in [1.165, 1.54) is 8.42 Å². The standard InChI is InChI=1S/C14H8N2O2S3/c17-16(18)10-3-1-9(2-4-10)15-11-5-7-19-13(11)21-14-12(15)6-8-20-14/h1-8H. The first kappa shape index (κ1) is 12.9. The molecule has 4 nitrogen and oxygen atoms in total. The van der Waals surface area contributed by atoms with Crippen molar-refractivity contribution >= 4 is 57.2 Å². The van der Waals surface area contributed by atoms with Gasteiger partial charge in [0, 0.05) is 17.8 Å². The highest BCUT2D eigenvalue weighted by molar-refractivity contribution is 8.03. The molecule has 0 saturated heterocycles. The van der Waals surface area contributed by atoms with Crippen LogP contribution in [0, 0.1) is 10.1 Å². The summed E-state index contributed by atoms with van der Waals surface area (Å²) in [5.74, 6) is 0. The first-order valence-corrected chi connectivity index (χ1v) is 8.69. The van der Waals surface area contributed by atoms with Gasteiger partial charge in [-0.1, -0.05) is 11.8 Å². The van der Waals surface area contributed by atoms with Gasteiger partial charge in [0.05, 0.1) is 24.7 Å². The van der Waals surface area contributed by atoms with E-state index in [0.717, 1.165) is 17.1 Å². The van der Waals surface area contributed by atoms with Crippen LogP contribution in [0.1, 0.15) is 0 Å². The second-order valence-electron chi connectivity index (χ2n) is 4.40. The summed E-state index contributed by atoms with van der Waals surface area (Å²) in [6.45, 7) is 0. The van der Waals surface area contributed by atoms with Gasteiger partial charge in [-0.3, -0.25) is 10.1 Å². The largest absolute Gasteiger partial charge is 0.306 e. The normalized spacial score (nSPS) is 12.9. The summed E-state index contributed by atoms with van der Waals surface area (Å²) in [4.78, 5) is 12.6. The average Bonchev–Trinajstić information content (AvgIpc) is 3.12. The van der Waals surface area contributed by atoms with Crippen molar-refractivity contribution < 1.29 is 4.92 Å².